The van der Waals surface area contributed by atoms with Gasteiger partial charge in [0, 0.05) is 39.3 Å². The third-order valence-electron chi connectivity index (χ3n) is 8.34. The van der Waals surface area contributed by atoms with Crippen molar-refractivity contribution in [1.29, 1.82) is 0 Å². The van der Waals surface area contributed by atoms with Crippen molar-refractivity contribution < 1.29 is 4.42 Å². The number of fused-ring (bicyclic) bond motifs is 9. The Hall–Kier alpha value is -5.15. The summed E-state index contributed by atoms with van der Waals surface area (Å²) in [5, 5.41) is 4.64. The van der Waals surface area contributed by atoms with Gasteiger partial charge in [-0.1, -0.05) is 84.9 Å². The van der Waals surface area contributed by atoms with E-state index in [1.54, 1.807) is 0 Å². The summed E-state index contributed by atoms with van der Waals surface area (Å²) in [6.07, 6.45) is 1.99. The SMILES string of the molecule is c1ccc2c(c1)-c1ccccc1C2c1cnc2oc3ccc(-n4c5ccccc5c5ccccc54)cc3c2c1. The van der Waals surface area contributed by atoms with E-state index in [0.29, 0.717) is 5.71 Å². The van der Waals surface area contributed by atoms with E-state index in [4.69, 9.17) is 9.40 Å². The molecule has 39 heavy (non-hydrogen) atoms. The summed E-state index contributed by atoms with van der Waals surface area (Å²) in [6.45, 7) is 0. The van der Waals surface area contributed by atoms with Gasteiger partial charge in [0.2, 0.25) is 5.71 Å². The van der Waals surface area contributed by atoms with Crippen LogP contribution in [0.1, 0.15) is 22.6 Å². The lowest BCUT2D eigenvalue weighted by Crippen LogP contribution is -1.99. The van der Waals surface area contributed by atoms with Gasteiger partial charge in [0.05, 0.1) is 11.0 Å². The van der Waals surface area contributed by atoms with Crippen LogP contribution in [0.5, 0.6) is 0 Å². The fourth-order valence-electron chi connectivity index (χ4n) is 6.68. The molecule has 0 saturated carbocycles. The summed E-state index contributed by atoms with van der Waals surface area (Å²) in [5.41, 5.74) is 11.5. The molecule has 0 spiro atoms. The number of aromatic nitrogens is 2. The molecule has 0 aliphatic heterocycles. The second kappa shape index (κ2) is 7.68. The monoisotopic (exact) mass is 498 g/mol. The molecule has 3 heteroatoms. The van der Waals surface area contributed by atoms with Crippen LogP contribution in [-0.2, 0) is 0 Å². The van der Waals surface area contributed by atoms with Gasteiger partial charge in [-0.15, -0.1) is 0 Å². The van der Waals surface area contributed by atoms with E-state index in [1.165, 1.54) is 49.6 Å². The second-order valence-electron chi connectivity index (χ2n) is 10.4. The summed E-state index contributed by atoms with van der Waals surface area (Å²) in [4.78, 5) is 4.83. The molecule has 3 nitrogen and oxygen atoms in total. The van der Waals surface area contributed by atoms with Crippen LogP contribution in [0, 0.1) is 0 Å². The first-order valence-corrected chi connectivity index (χ1v) is 13.3. The van der Waals surface area contributed by atoms with Gasteiger partial charge in [0.15, 0.2) is 0 Å². The molecular weight excluding hydrogens is 476 g/mol. The molecule has 9 rings (SSSR count). The zero-order valence-corrected chi connectivity index (χ0v) is 21.0. The summed E-state index contributed by atoms with van der Waals surface area (Å²) in [7, 11) is 0. The lowest BCUT2D eigenvalue weighted by atomic mass is 9.90. The normalized spacial score (nSPS) is 13.0. The van der Waals surface area contributed by atoms with Crippen LogP contribution in [0.2, 0.25) is 0 Å². The van der Waals surface area contributed by atoms with Crippen LogP contribution >= 0.6 is 0 Å². The van der Waals surface area contributed by atoms with Gasteiger partial charge in [-0.05, 0) is 64.2 Å². The predicted octanol–water partition coefficient (Wildman–Crippen LogP) is 9.24. The molecule has 182 valence electrons. The van der Waals surface area contributed by atoms with Crippen LogP contribution < -0.4 is 0 Å². The summed E-state index contributed by atoms with van der Waals surface area (Å²) >= 11 is 0. The maximum Gasteiger partial charge on any atom is 0.227 e. The van der Waals surface area contributed by atoms with Crippen LogP contribution in [0.4, 0.5) is 0 Å². The molecule has 0 fully saturated rings. The molecule has 3 aromatic heterocycles. The smallest absolute Gasteiger partial charge is 0.227 e. The average Bonchev–Trinajstić information content (AvgIpc) is 3.64. The van der Waals surface area contributed by atoms with Gasteiger partial charge in [-0.25, -0.2) is 4.98 Å². The topological polar surface area (TPSA) is 31.0 Å². The highest BCUT2D eigenvalue weighted by Gasteiger charge is 2.30. The predicted molar refractivity (Wildman–Crippen MR) is 159 cm³/mol. The van der Waals surface area contributed by atoms with Crippen molar-refractivity contribution in [3.05, 3.63) is 144 Å². The highest BCUT2D eigenvalue weighted by molar-refractivity contribution is 6.10. The van der Waals surface area contributed by atoms with Crippen molar-refractivity contribution in [3.63, 3.8) is 0 Å². The molecule has 8 aromatic rings. The fraction of sp³-hybridized carbons (Fsp3) is 0.0278. The molecule has 0 unspecified atom stereocenters. The molecule has 1 aliphatic rings. The summed E-state index contributed by atoms with van der Waals surface area (Å²) in [6, 6.07) is 43.5. The third-order valence-corrected chi connectivity index (χ3v) is 8.34. The Morgan fingerprint density at radius 1 is 0.564 bits per heavy atom. The molecule has 0 radical (unpaired) electrons. The summed E-state index contributed by atoms with van der Waals surface area (Å²) < 4.78 is 8.59. The first kappa shape index (κ1) is 20.9. The molecule has 3 heterocycles. The van der Waals surface area contributed by atoms with Gasteiger partial charge < -0.3 is 8.98 Å². The first-order valence-electron chi connectivity index (χ1n) is 13.3. The quantitative estimate of drug-likeness (QED) is 0.238. The highest BCUT2D eigenvalue weighted by Crippen LogP contribution is 2.48. The molecule has 0 atom stereocenters. The minimum absolute atomic E-state index is 0.153. The Morgan fingerprint density at radius 3 is 1.87 bits per heavy atom. The van der Waals surface area contributed by atoms with Crippen LogP contribution in [0.25, 0.3) is 60.7 Å². The maximum atomic E-state index is 6.24. The number of para-hydroxylation sites is 2. The number of benzene rings is 5. The van der Waals surface area contributed by atoms with Crippen molar-refractivity contribution in [2.45, 2.75) is 5.92 Å². The van der Waals surface area contributed by atoms with E-state index in [1.807, 2.05) is 6.20 Å². The Labute approximate surface area is 224 Å². The Morgan fingerprint density at radius 2 is 1.18 bits per heavy atom. The number of nitrogens with zero attached hydrogens (tertiary/aromatic N) is 2. The number of rotatable bonds is 2. The third kappa shape index (κ3) is 2.84. The molecule has 0 amide bonds. The van der Waals surface area contributed by atoms with E-state index in [9.17, 15) is 0 Å². The number of hydrogen-bond donors (Lipinski definition) is 0. The maximum absolute atomic E-state index is 6.24. The van der Waals surface area contributed by atoms with Crippen molar-refractivity contribution in [3.8, 4) is 16.8 Å². The average molecular weight is 499 g/mol. The number of pyridine rings is 1. The van der Waals surface area contributed by atoms with Gasteiger partial charge in [-0.2, -0.15) is 0 Å². The molecule has 1 aliphatic carbocycles. The summed E-state index contributed by atoms with van der Waals surface area (Å²) in [5.74, 6) is 0.153. The lowest BCUT2D eigenvalue weighted by Gasteiger charge is -2.14. The molecule has 5 aromatic carbocycles. The molecule has 0 bridgehead atoms. The van der Waals surface area contributed by atoms with Gasteiger partial charge in [0.25, 0.3) is 0 Å². The van der Waals surface area contributed by atoms with Crippen molar-refractivity contribution in [2.24, 2.45) is 0 Å². The second-order valence-corrected chi connectivity index (χ2v) is 10.4. The van der Waals surface area contributed by atoms with Crippen molar-refractivity contribution in [1.82, 2.24) is 9.55 Å². The van der Waals surface area contributed by atoms with Crippen molar-refractivity contribution >= 4 is 43.9 Å². The first-order chi connectivity index (χ1) is 19.3. The van der Waals surface area contributed by atoms with Crippen LogP contribution in [0.15, 0.2) is 132 Å². The van der Waals surface area contributed by atoms with Crippen LogP contribution in [0.3, 0.4) is 0 Å². The van der Waals surface area contributed by atoms with E-state index in [2.05, 4.69) is 126 Å². The standard InChI is InChI=1S/C36H22N2O/c1-3-13-28-24(9-1)25-10-2-4-14-29(25)35(28)22-19-31-30-20-23(17-18-34(30)39-36(31)37-21-22)38-32-15-7-5-11-26(32)27-12-6-8-16-33(27)38/h1-21,35H. The van der Waals surface area contributed by atoms with Crippen LogP contribution in [-0.4, -0.2) is 9.55 Å². The lowest BCUT2D eigenvalue weighted by molar-refractivity contribution is 0.653. The largest absolute Gasteiger partial charge is 0.438 e. The molecular formula is C36H22N2O. The zero-order valence-electron chi connectivity index (χ0n) is 21.0. The molecule has 0 N–H and O–H groups in total. The van der Waals surface area contributed by atoms with E-state index < -0.39 is 0 Å². The van der Waals surface area contributed by atoms with E-state index in [-0.39, 0.29) is 5.92 Å². The van der Waals surface area contributed by atoms with E-state index in [0.717, 1.165) is 22.0 Å². The highest BCUT2D eigenvalue weighted by atomic mass is 16.3. The zero-order chi connectivity index (χ0) is 25.5. The minimum atomic E-state index is 0.153. The minimum Gasteiger partial charge on any atom is -0.438 e. The Kier molecular flexibility index (Phi) is 4.11. The van der Waals surface area contributed by atoms with Gasteiger partial charge in [0.1, 0.15) is 5.58 Å². The Bertz CT molecular complexity index is 2150. The number of hydrogen-bond acceptors (Lipinski definition) is 2. The fourth-order valence-corrected chi connectivity index (χ4v) is 6.68. The van der Waals surface area contributed by atoms with Crippen molar-refractivity contribution in [2.75, 3.05) is 0 Å². The Balaban J connectivity index is 1.28. The molecule has 0 saturated heterocycles. The van der Waals surface area contributed by atoms with Gasteiger partial charge >= 0.3 is 0 Å². The number of furan rings is 1. The van der Waals surface area contributed by atoms with Gasteiger partial charge in [-0.3, -0.25) is 0 Å². The van der Waals surface area contributed by atoms with E-state index >= 15 is 0 Å².